The summed E-state index contributed by atoms with van der Waals surface area (Å²) in [4.78, 5) is 14.1. The molecule has 1 aliphatic rings. The van der Waals surface area contributed by atoms with E-state index in [1.54, 1.807) is 17.0 Å². The third-order valence-corrected chi connectivity index (χ3v) is 3.14. The van der Waals surface area contributed by atoms with Crippen molar-refractivity contribution in [3.8, 4) is 11.5 Å². The molecule has 0 saturated carbocycles. The van der Waals surface area contributed by atoms with E-state index in [4.69, 9.17) is 9.47 Å². The Morgan fingerprint density at radius 2 is 2.00 bits per heavy atom. The van der Waals surface area contributed by atoms with Gasteiger partial charge in [-0.05, 0) is 26.0 Å². The number of phenols is 1. The normalized spacial score (nSPS) is 23.2. The number of amides is 1. The number of methoxy groups -OCH3 is 1. The van der Waals surface area contributed by atoms with Gasteiger partial charge >= 0.3 is 0 Å². The van der Waals surface area contributed by atoms with Gasteiger partial charge in [0.25, 0.3) is 5.91 Å². The van der Waals surface area contributed by atoms with Gasteiger partial charge in [0.2, 0.25) is 0 Å². The van der Waals surface area contributed by atoms with Crippen molar-refractivity contribution in [1.82, 2.24) is 4.90 Å². The van der Waals surface area contributed by atoms with E-state index in [0.717, 1.165) is 0 Å². The lowest BCUT2D eigenvalue weighted by Gasteiger charge is -2.35. The Kier molecular flexibility index (Phi) is 3.95. The zero-order valence-corrected chi connectivity index (χ0v) is 11.4. The van der Waals surface area contributed by atoms with Crippen molar-refractivity contribution in [2.75, 3.05) is 20.2 Å². The lowest BCUT2D eigenvalue weighted by atomic mass is 10.1. The highest BCUT2D eigenvalue weighted by Gasteiger charge is 2.27. The third kappa shape index (κ3) is 2.98. The van der Waals surface area contributed by atoms with Gasteiger partial charge in [0.05, 0.1) is 24.9 Å². The second kappa shape index (κ2) is 5.48. The van der Waals surface area contributed by atoms with Gasteiger partial charge in [-0.2, -0.15) is 0 Å². The van der Waals surface area contributed by atoms with Crippen LogP contribution in [-0.4, -0.2) is 48.3 Å². The molecule has 5 nitrogen and oxygen atoms in total. The molecule has 0 aromatic heterocycles. The number of phenolic OH excluding ortho intramolecular Hbond substituents is 1. The summed E-state index contributed by atoms with van der Waals surface area (Å²) < 4.78 is 10.6. The number of rotatable bonds is 2. The minimum absolute atomic E-state index is 0.00749. The summed E-state index contributed by atoms with van der Waals surface area (Å²) in [5.74, 6) is 0.288. The van der Waals surface area contributed by atoms with E-state index < -0.39 is 0 Å². The molecule has 0 radical (unpaired) electrons. The molecule has 1 N–H and O–H groups in total. The van der Waals surface area contributed by atoms with Crippen LogP contribution in [0, 0.1) is 0 Å². The highest BCUT2D eigenvalue weighted by atomic mass is 16.5. The molecule has 0 spiro atoms. The average Bonchev–Trinajstić information content (AvgIpc) is 2.36. The quantitative estimate of drug-likeness (QED) is 0.883. The van der Waals surface area contributed by atoms with Crippen LogP contribution in [0.5, 0.6) is 11.5 Å². The molecule has 1 aliphatic heterocycles. The van der Waals surface area contributed by atoms with Gasteiger partial charge in [0.1, 0.15) is 11.5 Å². The molecule has 0 aliphatic carbocycles. The largest absolute Gasteiger partial charge is 0.507 e. The number of nitrogens with zero attached hydrogens (tertiary/aromatic N) is 1. The molecule has 1 saturated heterocycles. The van der Waals surface area contributed by atoms with Gasteiger partial charge in [0.15, 0.2) is 0 Å². The molecule has 19 heavy (non-hydrogen) atoms. The summed E-state index contributed by atoms with van der Waals surface area (Å²) in [6.45, 7) is 4.94. The summed E-state index contributed by atoms with van der Waals surface area (Å²) in [5, 5.41) is 9.90. The standard InChI is InChI=1S/C14H19NO4/c1-9-7-15(8-10(2)19-9)14(17)12-5-4-11(18-3)6-13(12)16/h4-6,9-10,16H,7-8H2,1-3H3/t9-,10+. The first-order valence-corrected chi connectivity index (χ1v) is 6.33. The number of benzene rings is 1. The van der Waals surface area contributed by atoms with Gasteiger partial charge < -0.3 is 19.5 Å². The lowest BCUT2D eigenvalue weighted by molar-refractivity contribution is -0.0586. The minimum Gasteiger partial charge on any atom is -0.507 e. The Morgan fingerprint density at radius 1 is 1.37 bits per heavy atom. The second-order valence-electron chi connectivity index (χ2n) is 4.85. The number of hydrogen-bond donors (Lipinski definition) is 1. The monoisotopic (exact) mass is 265 g/mol. The van der Waals surface area contributed by atoms with Crippen LogP contribution in [-0.2, 0) is 4.74 Å². The van der Waals surface area contributed by atoms with Gasteiger partial charge in [-0.3, -0.25) is 4.79 Å². The zero-order chi connectivity index (χ0) is 14.0. The molecule has 0 bridgehead atoms. The summed E-state index contributed by atoms with van der Waals surface area (Å²) in [6, 6.07) is 4.70. The van der Waals surface area contributed by atoms with Crippen LogP contribution in [0.1, 0.15) is 24.2 Å². The van der Waals surface area contributed by atoms with Crippen LogP contribution in [0.15, 0.2) is 18.2 Å². The Morgan fingerprint density at radius 3 is 2.53 bits per heavy atom. The fourth-order valence-electron chi connectivity index (χ4n) is 2.33. The van der Waals surface area contributed by atoms with Crippen LogP contribution >= 0.6 is 0 Å². The number of ether oxygens (including phenoxy) is 2. The molecule has 1 aromatic rings. The Bertz CT molecular complexity index is 465. The molecule has 0 unspecified atom stereocenters. The predicted molar refractivity (Wildman–Crippen MR) is 70.6 cm³/mol. The van der Waals surface area contributed by atoms with E-state index in [-0.39, 0.29) is 23.9 Å². The minimum atomic E-state index is -0.179. The third-order valence-electron chi connectivity index (χ3n) is 3.14. The molecule has 1 aromatic carbocycles. The maximum absolute atomic E-state index is 12.4. The summed E-state index contributed by atoms with van der Waals surface area (Å²) in [7, 11) is 1.52. The van der Waals surface area contributed by atoms with E-state index in [0.29, 0.717) is 24.4 Å². The van der Waals surface area contributed by atoms with Crippen molar-refractivity contribution < 1.29 is 19.4 Å². The Balaban J connectivity index is 2.19. The second-order valence-corrected chi connectivity index (χ2v) is 4.85. The van der Waals surface area contributed by atoms with Crippen molar-refractivity contribution in [2.45, 2.75) is 26.1 Å². The molecule has 1 amide bonds. The SMILES string of the molecule is COc1ccc(C(=O)N2C[C@@H](C)O[C@@H](C)C2)c(O)c1. The summed E-state index contributed by atoms with van der Waals surface area (Å²) in [5.41, 5.74) is 0.294. The number of carbonyl (C=O) groups excluding carboxylic acids is 1. The van der Waals surface area contributed by atoms with Crippen molar-refractivity contribution in [3.05, 3.63) is 23.8 Å². The number of hydrogen-bond acceptors (Lipinski definition) is 4. The first kappa shape index (κ1) is 13.7. The Labute approximate surface area is 112 Å². The van der Waals surface area contributed by atoms with Crippen LogP contribution in [0.3, 0.4) is 0 Å². The van der Waals surface area contributed by atoms with E-state index in [1.165, 1.54) is 13.2 Å². The number of aromatic hydroxyl groups is 1. The maximum Gasteiger partial charge on any atom is 0.257 e. The summed E-state index contributed by atoms with van der Waals surface area (Å²) >= 11 is 0. The predicted octanol–water partition coefficient (Wildman–Crippen LogP) is 1.65. The number of morpholine rings is 1. The first-order valence-electron chi connectivity index (χ1n) is 6.33. The summed E-state index contributed by atoms with van der Waals surface area (Å²) in [6.07, 6.45) is 0.0150. The molecule has 1 fully saturated rings. The van der Waals surface area contributed by atoms with E-state index in [9.17, 15) is 9.90 Å². The van der Waals surface area contributed by atoms with Gasteiger partial charge in [0, 0.05) is 19.2 Å². The highest BCUT2D eigenvalue weighted by Crippen LogP contribution is 2.25. The molecule has 104 valence electrons. The highest BCUT2D eigenvalue weighted by molar-refractivity contribution is 5.97. The van der Waals surface area contributed by atoms with E-state index >= 15 is 0 Å². The molecule has 5 heteroatoms. The zero-order valence-electron chi connectivity index (χ0n) is 11.4. The van der Waals surface area contributed by atoms with Crippen molar-refractivity contribution >= 4 is 5.91 Å². The first-order chi connectivity index (χ1) is 9.01. The van der Waals surface area contributed by atoms with Crippen molar-refractivity contribution in [2.24, 2.45) is 0 Å². The smallest absolute Gasteiger partial charge is 0.257 e. The van der Waals surface area contributed by atoms with Crippen LogP contribution < -0.4 is 4.74 Å². The molecule has 1 heterocycles. The fraction of sp³-hybridized carbons (Fsp3) is 0.500. The average molecular weight is 265 g/mol. The maximum atomic E-state index is 12.4. The van der Waals surface area contributed by atoms with Crippen LogP contribution in [0.4, 0.5) is 0 Å². The van der Waals surface area contributed by atoms with E-state index in [1.807, 2.05) is 13.8 Å². The lowest BCUT2D eigenvalue weighted by Crippen LogP contribution is -2.48. The Hall–Kier alpha value is -1.75. The molecule has 2 rings (SSSR count). The topological polar surface area (TPSA) is 59.0 Å². The molecular formula is C14H19NO4. The van der Waals surface area contributed by atoms with Gasteiger partial charge in [-0.15, -0.1) is 0 Å². The van der Waals surface area contributed by atoms with Gasteiger partial charge in [-0.25, -0.2) is 0 Å². The fourth-order valence-corrected chi connectivity index (χ4v) is 2.33. The number of carbonyl (C=O) groups is 1. The van der Waals surface area contributed by atoms with E-state index in [2.05, 4.69) is 0 Å². The van der Waals surface area contributed by atoms with Crippen molar-refractivity contribution in [1.29, 1.82) is 0 Å². The molecular weight excluding hydrogens is 246 g/mol. The van der Waals surface area contributed by atoms with Gasteiger partial charge in [-0.1, -0.05) is 0 Å². The van der Waals surface area contributed by atoms with Crippen LogP contribution in [0.25, 0.3) is 0 Å². The van der Waals surface area contributed by atoms with Crippen LogP contribution in [0.2, 0.25) is 0 Å². The molecule has 2 atom stereocenters. The van der Waals surface area contributed by atoms with Crippen molar-refractivity contribution in [3.63, 3.8) is 0 Å².